The van der Waals surface area contributed by atoms with Crippen molar-refractivity contribution in [3.05, 3.63) is 91.7 Å². The van der Waals surface area contributed by atoms with Crippen LogP contribution in [0.2, 0.25) is 0 Å². The summed E-state index contributed by atoms with van der Waals surface area (Å²) in [5.74, 6) is -1.05. The van der Waals surface area contributed by atoms with Gasteiger partial charge < -0.3 is 5.32 Å². The minimum absolute atomic E-state index is 0.0902. The Hall–Kier alpha value is -3.85. The van der Waals surface area contributed by atoms with Gasteiger partial charge >= 0.3 is 5.69 Å². The summed E-state index contributed by atoms with van der Waals surface area (Å²) < 4.78 is 16.0. The highest BCUT2D eigenvalue weighted by Gasteiger charge is 2.19. The zero-order valence-electron chi connectivity index (χ0n) is 17.2. The Balaban J connectivity index is 1.75. The van der Waals surface area contributed by atoms with Crippen molar-refractivity contribution in [1.29, 1.82) is 0 Å². The number of aromatic nitrogens is 2. The summed E-state index contributed by atoms with van der Waals surface area (Å²) in [7, 11) is 0. The van der Waals surface area contributed by atoms with Gasteiger partial charge in [0, 0.05) is 11.3 Å². The number of amides is 1. The second-order valence-corrected chi connectivity index (χ2v) is 8.17. The quantitative estimate of drug-likeness (QED) is 0.470. The Kier molecular flexibility index (Phi) is 5.58. The van der Waals surface area contributed by atoms with Crippen molar-refractivity contribution in [2.75, 3.05) is 5.32 Å². The number of nitrogens with one attached hydrogen (secondary N) is 1. The van der Waals surface area contributed by atoms with E-state index in [-0.39, 0.29) is 18.0 Å². The van der Waals surface area contributed by atoms with E-state index in [1.54, 1.807) is 42.6 Å². The number of ketones is 1. The molecule has 0 unspecified atom stereocenters. The molecule has 0 bridgehead atoms. The molecule has 2 aromatic carbocycles. The number of halogens is 1. The predicted octanol–water partition coefficient (Wildman–Crippen LogP) is 3.50. The minimum Gasteiger partial charge on any atom is -0.325 e. The number of benzene rings is 2. The van der Waals surface area contributed by atoms with Crippen LogP contribution in [0.1, 0.15) is 22.8 Å². The fourth-order valence-electron chi connectivity index (χ4n) is 3.45. The molecule has 0 aliphatic heterocycles. The van der Waals surface area contributed by atoms with Gasteiger partial charge in [-0.2, -0.15) is 0 Å². The molecule has 32 heavy (non-hydrogen) atoms. The molecule has 4 rings (SSSR count). The highest BCUT2D eigenvalue weighted by Crippen LogP contribution is 2.18. The highest BCUT2D eigenvalue weighted by atomic mass is 32.1. The molecule has 0 radical (unpaired) electrons. The molecular weight excluding hydrogens is 433 g/mol. The molecule has 0 spiro atoms. The monoisotopic (exact) mass is 451 g/mol. The van der Waals surface area contributed by atoms with Gasteiger partial charge in [-0.1, -0.05) is 0 Å². The number of fused-ring (bicyclic) bond motifs is 1. The van der Waals surface area contributed by atoms with Gasteiger partial charge in [-0.25, -0.2) is 13.8 Å². The number of Topliss-reactive ketones (excluding diaryl/α,β-unsaturated/α-hetero) is 1. The zero-order chi connectivity index (χ0) is 23.0. The average Bonchev–Trinajstić information content (AvgIpc) is 3.23. The number of anilines is 1. The summed E-state index contributed by atoms with van der Waals surface area (Å²) >= 11 is 1.16. The molecule has 0 saturated heterocycles. The van der Waals surface area contributed by atoms with E-state index in [1.165, 1.54) is 29.7 Å². The Morgan fingerprint density at radius 2 is 1.78 bits per heavy atom. The molecule has 9 heteroatoms. The molecule has 2 heterocycles. The predicted molar refractivity (Wildman–Crippen MR) is 121 cm³/mol. The lowest BCUT2D eigenvalue weighted by molar-refractivity contribution is -0.116. The van der Waals surface area contributed by atoms with Gasteiger partial charge in [-0.3, -0.25) is 19.0 Å². The lowest BCUT2D eigenvalue weighted by Crippen LogP contribution is -2.40. The molecule has 1 N–H and O–H groups in total. The summed E-state index contributed by atoms with van der Waals surface area (Å²) in [4.78, 5) is 50.4. The van der Waals surface area contributed by atoms with Crippen molar-refractivity contribution < 1.29 is 14.0 Å². The Morgan fingerprint density at radius 3 is 2.44 bits per heavy atom. The Morgan fingerprint density at radius 1 is 1.06 bits per heavy atom. The number of carbonyl (C=O) groups excluding carboxylic acids is 2. The first-order chi connectivity index (χ1) is 15.3. The number of nitrogens with zero attached hydrogens (tertiary/aromatic N) is 2. The van der Waals surface area contributed by atoms with Crippen molar-refractivity contribution in [2.45, 2.75) is 20.4 Å². The van der Waals surface area contributed by atoms with Crippen LogP contribution in [0.5, 0.6) is 0 Å². The van der Waals surface area contributed by atoms with E-state index in [2.05, 4.69) is 5.32 Å². The Labute approximate surface area is 185 Å². The van der Waals surface area contributed by atoms with Crippen LogP contribution < -0.4 is 16.6 Å². The van der Waals surface area contributed by atoms with Crippen molar-refractivity contribution in [1.82, 2.24) is 9.13 Å². The molecule has 0 saturated carbocycles. The number of rotatable bonds is 5. The van der Waals surface area contributed by atoms with Crippen molar-refractivity contribution in [3.63, 3.8) is 0 Å². The third-order valence-corrected chi connectivity index (χ3v) is 5.92. The van der Waals surface area contributed by atoms with Crippen LogP contribution in [-0.2, 0) is 11.3 Å². The molecule has 0 atom stereocenters. The van der Waals surface area contributed by atoms with Gasteiger partial charge in [0.1, 0.15) is 17.1 Å². The minimum atomic E-state index is -0.697. The lowest BCUT2D eigenvalue weighted by Gasteiger charge is -2.14. The van der Waals surface area contributed by atoms with E-state index in [0.717, 1.165) is 15.9 Å². The number of hydrogen-bond acceptors (Lipinski definition) is 5. The molecule has 0 aliphatic rings. The van der Waals surface area contributed by atoms with E-state index in [9.17, 15) is 23.6 Å². The molecule has 162 valence electrons. The van der Waals surface area contributed by atoms with Crippen LogP contribution in [0.3, 0.4) is 0 Å². The van der Waals surface area contributed by atoms with Crippen LogP contribution in [0.4, 0.5) is 10.1 Å². The summed E-state index contributed by atoms with van der Waals surface area (Å²) in [5.41, 5.74) is 0.789. The third-order valence-electron chi connectivity index (χ3n) is 5.03. The molecule has 2 aromatic heterocycles. The maximum absolute atomic E-state index is 13.6. The third kappa shape index (κ3) is 3.90. The molecule has 1 amide bonds. The van der Waals surface area contributed by atoms with Crippen molar-refractivity contribution in [2.24, 2.45) is 0 Å². The number of carbonyl (C=O) groups is 2. The number of aryl methyl sites for hydroxylation is 1. The van der Waals surface area contributed by atoms with E-state index < -0.39 is 23.0 Å². The van der Waals surface area contributed by atoms with Crippen LogP contribution in [0, 0.1) is 12.7 Å². The van der Waals surface area contributed by atoms with Gasteiger partial charge in [0.25, 0.3) is 5.56 Å². The maximum atomic E-state index is 13.6. The van der Waals surface area contributed by atoms with Crippen molar-refractivity contribution >= 4 is 38.9 Å². The van der Waals surface area contributed by atoms with E-state index in [1.807, 2.05) is 0 Å². The second-order valence-electron chi connectivity index (χ2n) is 7.26. The Bertz CT molecular complexity index is 1480. The highest BCUT2D eigenvalue weighted by molar-refractivity contribution is 7.17. The van der Waals surface area contributed by atoms with Crippen molar-refractivity contribution in [3.8, 4) is 5.69 Å². The SMILES string of the molecule is CC(=O)c1ccc(NC(=O)Cn2c(=O)n(-c3ccc(F)cc3C)c(=O)c3sccc32)cc1. The zero-order valence-corrected chi connectivity index (χ0v) is 18.0. The van der Waals surface area contributed by atoms with Gasteiger partial charge in [-0.15, -0.1) is 11.3 Å². The van der Waals surface area contributed by atoms with Gasteiger partial charge in [0.15, 0.2) is 5.78 Å². The summed E-state index contributed by atoms with van der Waals surface area (Å²) in [6.45, 7) is 2.72. The first-order valence-electron chi connectivity index (χ1n) is 9.66. The molecule has 0 aliphatic carbocycles. The fourth-order valence-corrected chi connectivity index (χ4v) is 4.28. The lowest BCUT2D eigenvalue weighted by atomic mass is 10.1. The van der Waals surface area contributed by atoms with Crippen LogP contribution >= 0.6 is 11.3 Å². The standard InChI is InChI=1S/C23H18FN3O4S/c1-13-11-16(24)5-8-18(13)27-22(30)21-19(9-10-32-21)26(23(27)31)12-20(29)25-17-6-3-15(4-7-17)14(2)28/h3-11H,12H2,1-2H3,(H,25,29). The first kappa shape index (κ1) is 21.4. The molecule has 4 aromatic rings. The molecular formula is C23H18FN3O4S. The summed E-state index contributed by atoms with van der Waals surface area (Å²) in [6.07, 6.45) is 0. The summed E-state index contributed by atoms with van der Waals surface area (Å²) in [6, 6.07) is 11.8. The maximum Gasteiger partial charge on any atom is 0.336 e. The fraction of sp³-hybridized carbons (Fsp3) is 0.130. The van der Waals surface area contributed by atoms with E-state index >= 15 is 0 Å². The first-order valence-corrected chi connectivity index (χ1v) is 10.5. The number of hydrogen-bond donors (Lipinski definition) is 1. The van der Waals surface area contributed by atoms with E-state index in [4.69, 9.17) is 0 Å². The van der Waals surface area contributed by atoms with Gasteiger partial charge in [0.05, 0.1) is 11.2 Å². The topological polar surface area (TPSA) is 90.2 Å². The van der Waals surface area contributed by atoms with Gasteiger partial charge in [-0.05, 0) is 73.3 Å². The second kappa shape index (κ2) is 8.35. The normalized spacial score (nSPS) is 11.0. The van der Waals surface area contributed by atoms with E-state index in [0.29, 0.717) is 27.0 Å². The largest absolute Gasteiger partial charge is 0.336 e. The number of thiophene rings is 1. The molecule has 7 nitrogen and oxygen atoms in total. The average molecular weight is 451 g/mol. The smallest absolute Gasteiger partial charge is 0.325 e. The molecule has 0 fully saturated rings. The van der Waals surface area contributed by atoms with Gasteiger partial charge in [0.2, 0.25) is 5.91 Å². The summed E-state index contributed by atoms with van der Waals surface area (Å²) in [5, 5.41) is 4.36. The van der Waals surface area contributed by atoms with Crippen LogP contribution in [0.25, 0.3) is 15.9 Å². The van der Waals surface area contributed by atoms with Crippen LogP contribution in [0.15, 0.2) is 63.5 Å². The van der Waals surface area contributed by atoms with Crippen LogP contribution in [-0.4, -0.2) is 20.8 Å².